The normalized spacial score (nSPS) is 16.1. The zero-order valence-electron chi connectivity index (χ0n) is 25.3. The van der Waals surface area contributed by atoms with Crippen LogP contribution in [0.4, 0.5) is 0 Å². The van der Waals surface area contributed by atoms with Crippen molar-refractivity contribution in [3.8, 4) is 5.75 Å². The van der Waals surface area contributed by atoms with Crippen LogP contribution in [0.3, 0.4) is 0 Å². The van der Waals surface area contributed by atoms with Gasteiger partial charge in [-0.2, -0.15) is 9.41 Å². The third-order valence-corrected chi connectivity index (χ3v) is 10.1. The number of primary amides is 1. The fourth-order valence-corrected chi connectivity index (χ4v) is 7.65. The molecule has 45 heavy (non-hydrogen) atoms. The van der Waals surface area contributed by atoms with Crippen molar-refractivity contribution >= 4 is 38.8 Å². The van der Waals surface area contributed by atoms with Crippen LogP contribution in [0.1, 0.15) is 35.1 Å². The first-order valence-corrected chi connectivity index (χ1v) is 16.1. The Bertz CT molecular complexity index is 1840. The molecule has 234 valence electrons. The van der Waals surface area contributed by atoms with Gasteiger partial charge in [0.15, 0.2) is 0 Å². The Labute approximate surface area is 263 Å². The summed E-state index contributed by atoms with van der Waals surface area (Å²) in [5, 5.41) is 5.02. The summed E-state index contributed by atoms with van der Waals surface area (Å²) >= 11 is 0. The highest BCUT2D eigenvalue weighted by molar-refractivity contribution is 7.89. The predicted octanol–water partition coefficient (Wildman–Crippen LogP) is 3.73. The van der Waals surface area contributed by atoms with Gasteiger partial charge in [0.1, 0.15) is 17.8 Å². The molecule has 0 aliphatic carbocycles. The van der Waals surface area contributed by atoms with Gasteiger partial charge in [-0.15, -0.1) is 0 Å². The summed E-state index contributed by atoms with van der Waals surface area (Å²) in [6, 6.07) is 23.0. The number of likely N-dealkylation sites (tertiary alicyclic amines) is 1. The van der Waals surface area contributed by atoms with Gasteiger partial charge in [-0.25, -0.2) is 8.42 Å². The van der Waals surface area contributed by atoms with Crippen molar-refractivity contribution < 1.29 is 22.7 Å². The topological polar surface area (TPSA) is 148 Å². The van der Waals surface area contributed by atoms with E-state index in [0.29, 0.717) is 24.1 Å². The number of nitrogens with zero attached hydrogens (tertiary/aromatic N) is 3. The molecule has 1 aliphatic rings. The Morgan fingerprint density at radius 1 is 1.04 bits per heavy atom. The van der Waals surface area contributed by atoms with Gasteiger partial charge in [0.2, 0.25) is 21.8 Å². The van der Waals surface area contributed by atoms with E-state index in [1.807, 2.05) is 61.5 Å². The van der Waals surface area contributed by atoms with Crippen LogP contribution in [0.25, 0.3) is 10.8 Å². The van der Waals surface area contributed by atoms with Gasteiger partial charge < -0.3 is 21.2 Å². The number of nitrogens with two attached hydrogens (primary N) is 2. The molecule has 4 aromatic carbocycles. The second-order valence-electron chi connectivity index (χ2n) is 11.2. The molecule has 0 saturated carbocycles. The molecule has 2 amide bonds. The van der Waals surface area contributed by atoms with E-state index < -0.39 is 28.0 Å². The van der Waals surface area contributed by atoms with Crippen LogP contribution in [0.2, 0.25) is 0 Å². The van der Waals surface area contributed by atoms with Crippen LogP contribution in [0, 0.1) is 6.92 Å². The first-order chi connectivity index (χ1) is 21.6. The molecule has 2 atom stereocenters. The smallest absolute Gasteiger partial charge is 0.244 e. The Hall–Kier alpha value is -4.74. The van der Waals surface area contributed by atoms with Crippen LogP contribution < -0.4 is 16.3 Å². The number of amides is 2. The maximum absolute atomic E-state index is 14.5. The van der Waals surface area contributed by atoms with Crippen molar-refractivity contribution in [3.05, 3.63) is 107 Å². The number of methoxy groups -OCH3 is 1. The van der Waals surface area contributed by atoms with E-state index >= 15 is 0 Å². The molecule has 1 heterocycles. The summed E-state index contributed by atoms with van der Waals surface area (Å²) in [7, 11) is -2.84. The average molecular weight is 628 g/mol. The molecular weight excluding hydrogens is 590 g/mol. The van der Waals surface area contributed by atoms with Crippen LogP contribution in [0.5, 0.6) is 5.75 Å². The summed E-state index contributed by atoms with van der Waals surface area (Å²) < 4.78 is 35.5. The van der Waals surface area contributed by atoms with Gasteiger partial charge in [-0.1, -0.05) is 60.2 Å². The fraction of sp³-hybridized carbons (Fsp3) is 0.265. The van der Waals surface area contributed by atoms with Crippen LogP contribution in [-0.4, -0.2) is 61.4 Å². The van der Waals surface area contributed by atoms with Gasteiger partial charge in [-0.05, 0) is 84.0 Å². The minimum Gasteiger partial charge on any atom is -0.497 e. The maximum Gasteiger partial charge on any atom is 0.244 e. The number of benzene rings is 4. The number of carbonyl (C=O) groups is 2. The van der Waals surface area contributed by atoms with E-state index in [0.717, 1.165) is 31.9 Å². The molecule has 0 aromatic heterocycles. The highest BCUT2D eigenvalue weighted by Gasteiger charge is 2.47. The van der Waals surface area contributed by atoms with Crippen molar-refractivity contribution in [2.75, 3.05) is 13.7 Å². The van der Waals surface area contributed by atoms with E-state index in [1.54, 1.807) is 29.2 Å². The standard InChI is InChI=1S/C34H37N5O5S/c1-23-6-8-24(9-7-23)10-15-31(33(35)40)39(45(42,43)30-14-12-27-11-13-29(44-2)19-28(27)20-30)32-16-17-38(34(32)41)22-26-5-3-4-25(18-26)21-37-36/h3-9,11-14,18-21,31-32H,10,15-17,22,36H2,1-2H3,(H2,35,40)/t31?,32-/m0/s1. The molecule has 0 spiro atoms. The largest absolute Gasteiger partial charge is 0.497 e. The summed E-state index contributed by atoms with van der Waals surface area (Å²) in [5.74, 6) is 4.68. The maximum atomic E-state index is 14.5. The van der Waals surface area contributed by atoms with Crippen molar-refractivity contribution in [3.63, 3.8) is 0 Å². The first-order valence-electron chi connectivity index (χ1n) is 14.7. The van der Waals surface area contributed by atoms with Gasteiger partial charge in [-0.3, -0.25) is 9.59 Å². The van der Waals surface area contributed by atoms with Gasteiger partial charge in [0.25, 0.3) is 0 Å². The summed E-state index contributed by atoms with van der Waals surface area (Å²) in [5.41, 5.74) is 9.57. The van der Waals surface area contributed by atoms with Crippen molar-refractivity contribution in [1.29, 1.82) is 0 Å². The molecule has 0 radical (unpaired) electrons. The third kappa shape index (κ3) is 7.00. The van der Waals surface area contributed by atoms with Crippen molar-refractivity contribution in [2.45, 2.75) is 49.7 Å². The van der Waals surface area contributed by atoms with Crippen molar-refractivity contribution in [1.82, 2.24) is 9.21 Å². The number of rotatable bonds is 12. The number of sulfonamides is 1. The van der Waals surface area contributed by atoms with Gasteiger partial charge in [0, 0.05) is 13.1 Å². The second kappa shape index (κ2) is 13.5. The van der Waals surface area contributed by atoms with Crippen LogP contribution in [0.15, 0.2) is 94.9 Å². The number of ether oxygens (including phenoxy) is 1. The third-order valence-electron chi connectivity index (χ3n) is 8.18. The lowest BCUT2D eigenvalue weighted by Gasteiger charge is -2.33. The monoisotopic (exact) mass is 627 g/mol. The average Bonchev–Trinajstić information content (AvgIpc) is 3.38. The number of carbonyl (C=O) groups excluding carboxylic acids is 2. The molecule has 1 fully saturated rings. The quantitative estimate of drug-likeness (QED) is 0.139. The fourth-order valence-electron chi connectivity index (χ4n) is 5.81. The Balaban J connectivity index is 1.52. The number of hydrogen-bond donors (Lipinski definition) is 2. The zero-order valence-corrected chi connectivity index (χ0v) is 26.1. The van der Waals surface area contributed by atoms with Crippen LogP contribution >= 0.6 is 0 Å². The van der Waals surface area contributed by atoms with E-state index in [2.05, 4.69) is 5.10 Å². The van der Waals surface area contributed by atoms with E-state index in [1.165, 1.54) is 19.4 Å². The summed E-state index contributed by atoms with van der Waals surface area (Å²) in [4.78, 5) is 28.6. The lowest BCUT2D eigenvalue weighted by atomic mass is 10.0. The second-order valence-corrected chi connectivity index (χ2v) is 13.1. The SMILES string of the molecule is COc1ccc2ccc(S(=O)(=O)N(C(CCc3ccc(C)cc3)C(N)=O)[C@H]3CCN(Cc4cccc(C=NN)c4)C3=O)cc2c1. The number of fused-ring (bicyclic) bond motifs is 1. The lowest BCUT2D eigenvalue weighted by molar-refractivity contribution is -0.132. The highest BCUT2D eigenvalue weighted by atomic mass is 32.2. The zero-order chi connectivity index (χ0) is 32.1. The molecule has 1 saturated heterocycles. The van der Waals surface area contributed by atoms with Gasteiger partial charge in [0.05, 0.1) is 18.2 Å². The highest BCUT2D eigenvalue weighted by Crippen LogP contribution is 2.32. The van der Waals surface area contributed by atoms with E-state index in [9.17, 15) is 18.0 Å². The molecule has 5 rings (SSSR count). The minimum absolute atomic E-state index is 0.0372. The molecular formula is C34H37N5O5S. The molecule has 1 aliphatic heterocycles. The predicted molar refractivity (Wildman–Crippen MR) is 174 cm³/mol. The van der Waals surface area contributed by atoms with E-state index in [4.69, 9.17) is 16.3 Å². The lowest BCUT2D eigenvalue weighted by Crippen LogP contribution is -2.55. The molecule has 4 N–H and O–H groups in total. The van der Waals surface area contributed by atoms with Crippen LogP contribution in [-0.2, 0) is 32.6 Å². The number of hydrazone groups is 1. The summed E-state index contributed by atoms with van der Waals surface area (Å²) in [6.45, 7) is 2.54. The Kier molecular flexibility index (Phi) is 9.50. The van der Waals surface area contributed by atoms with Gasteiger partial charge >= 0.3 is 0 Å². The Morgan fingerprint density at radius 2 is 1.80 bits per heavy atom. The minimum atomic E-state index is -4.38. The molecule has 11 heteroatoms. The molecule has 4 aromatic rings. The first kappa shape index (κ1) is 31.7. The molecule has 1 unspecified atom stereocenters. The van der Waals surface area contributed by atoms with Crippen molar-refractivity contribution in [2.24, 2.45) is 16.7 Å². The Morgan fingerprint density at radius 3 is 2.51 bits per heavy atom. The number of aryl methyl sites for hydroxylation is 2. The summed E-state index contributed by atoms with van der Waals surface area (Å²) in [6.07, 6.45) is 2.23. The van der Waals surface area contributed by atoms with E-state index in [-0.39, 0.29) is 30.2 Å². The molecule has 0 bridgehead atoms. The number of hydrogen-bond acceptors (Lipinski definition) is 7. The molecule has 10 nitrogen and oxygen atoms in total.